The van der Waals surface area contributed by atoms with Gasteiger partial charge in [0.25, 0.3) is 0 Å². The van der Waals surface area contributed by atoms with Crippen LogP contribution in [0.5, 0.6) is 0 Å². The lowest BCUT2D eigenvalue weighted by Gasteiger charge is -2.35. The molecule has 0 spiro atoms. The smallest absolute Gasteiger partial charge is 0.177 e. The number of aliphatic hydroxyl groups excluding tert-OH is 1. The number of rotatable bonds is 14. The zero-order valence-corrected chi connectivity index (χ0v) is 16.6. The number of carboxylic acids is 1. The van der Waals surface area contributed by atoms with Gasteiger partial charge >= 0.3 is 0 Å². The monoisotopic (exact) mass is 369 g/mol. The zero-order chi connectivity index (χ0) is 20.2. The highest BCUT2D eigenvalue weighted by Crippen LogP contribution is 2.19. The lowest BCUT2D eigenvalue weighted by Crippen LogP contribution is -2.56. The average molecular weight is 370 g/mol. The van der Waals surface area contributed by atoms with E-state index in [0.717, 1.165) is 12.8 Å². The first-order chi connectivity index (χ1) is 12.0. The quantitative estimate of drug-likeness (QED) is 0.270. The summed E-state index contributed by atoms with van der Waals surface area (Å²) in [6, 6.07) is 0. The molecule has 0 amide bonds. The van der Waals surface area contributed by atoms with Crippen molar-refractivity contribution in [2.75, 3.05) is 27.7 Å². The highest BCUT2D eigenvalue weighted by atomic mass is 16.4. The van der Waals surface area contributed by atoms with Crippen LogP contribution in [0.3, 0.4) is 0 Å². The number of aliphatic hydroxyl groups is 2. The first-order valence-electron chi connectivity index (χ1n) is 9.26. The molecular formula is C20H35NO5. The van der Waals surface area contributed by atoms with Crippen LogP contribution in [0.2, 0.25) is 0 Å². The maximum Gasteiger partial charge on any atom is 0.177 e. The first-order valence-corrected chi connectivity index (χ1v) is 9.26. The molecular weight excluding hydrogens is 334 g/mol. The predicted octanol–water partition coefficient (Wildman–Crippen LogP) is 0.967. The third kappa shape index (κ3) is 12.0. The number of quaternary nitrogens is 1. The summed E-state index contributed by atoms with van der Waals surface area (Å²) in [6.07, 6.45) is 10.3. The number of allylic oxidation sites excluding steroid dienone is 3. The van der Waals surface area contributed by atoms with Gasteiger partial charge in [-0.3, -0.25) is 4.79 Å². The molecule has 0 aromatic rings. The molecule has 0 aliphatic rings. The van der Waals surface area contributed by atoms with Crippen LogP contribution in [0.15, 0.2) is 24.3 Å². The van der Waals surface area contributed by atoms with E-state index >= 15 is 0 Å². The van der Waals surface area contributed by atoms with Crippen LogP contribution in [-0.2, 0) is 9.59 Å². The van der Waals surface area contributed by atoms with E-state index in [9.17, 15) is 24.9 Å². The summed E-state index contributed by atoms with van der Waals surface area (Å²) in [6.45, 7) is 2.09. The van der Waals surface area contributed by atoms with Crippen molar-refractivity contribution >= 4 is 11.8 Å². The second-order valence-corrected chi connectivity index (χ2v) is 7.90. The van der Waals surface area contributed by atoms with Gasteiger partial charge in [0.05, 0.1) is 27.2 Å². The summed E-state index contributed by atoms with van der Waals surface area (Å²) >= 11 is 0. The number of nitrogens with zero attached hydrogens (tertiary/aromatic N) is 1. The number of unbranched alkanes of at least 4 members (excludes halogenated alkanes) is 3. The lowest BCUT2D eigenvalue weighted by atomic mass is 9.89. The molecule has 6 heteroatoms. The molecule has 150 valence electrons. The molecule has 0 aliphatic heterocycles. The number of carbonyl (C=O) groups is 2. The third-order valence-electron chi connectivity index (χ3n) is 3.88. The Morgan fingerprint density at radius 3 is 2.31 bits per heavy atom. The maximum absolute atomic E-state index is 12.4. The van der Waals surface area contributed by atoms with E-state index < -0.39 is 29.9 Å². The third-order valence-corrected chi connectivity index (χ3v) is 3.88. The number of carbonyl (C=O) groups excluding carboxylic acids is 2. The van der Waals surface area contributed by atoms with Crippen LogP contribution in [0.1, 0.15) is 51.9 Å². The number of aliphatic carboxylic acids is 1. The summed E-state index contributed by atoms with van der Waals surface area (Å²) in [5.41, 5.74) is -2.04. The minimum Gasteiger partial charge on any atom is -0.550 e. The van der Waals surface area contributed by atoms with E-state index in [1.165, 1.54) is 12.8 Å². The van der Waals surface area contributed by atoms with Crippen molar-refractivity contribution in [3.8, 4) is 0 Å². The van der Waals surface area contributed by atoms with E-state index in [4.69, 9.17) is 0 Å². The minimum absolute atomic E-state index is 0.0666. The molecule has 6 nitrogen and oxygen atoms in total. The molecule has 2 unspecified atom stereocenters. The molecule has 0 bridgehead atoms. The SMILES string of the molecule is CCCCCC=CC=CCC(O)CC(=O)C(O)(CC(=O)[O-])C[N+](C)(C)C. The number of Topliss-reactive ketones (excluding diaryl/α,β-unsaturated/α-hetero) is 1. The minimum atomic E-state index is -2.04. The summed E-state index contributed by atoms with van der Waals surface area (Å²) < 4.78 is 0.217. The van der Waals surface area contributed by atoms with Gasteiger partial charge in [-0.1, -0.05) is 44.1 Å². The van der Waals surface area contributed by atoms with Crippen molar-refractivity contribution in [3.63, 3.8) is 0 Å². The van der Waals surface area contributed by atoms with Gasteiger partial charge in [0, 0.05) is 18.8 Å². The Hall–Kier alpha value is -1.50. The van der Waals surface area contributed by atoms with Crippen molar-refractivity contribution in [2.45, 2.75) is 63.6 Å². The van der Waals surface area contributed by atoms with Gasteiger partial charge < -0.3 is 24.6 Å². The average Bonchev–Trinajstić information content (AvgIpc) is 2.47. The largest absolute Gasteiger partial charge is 0.550 e. The molecule has 0 heterocycles. The Morgan fingerprint density at radius 2 is 1.77 bits per heavy atom. The Balaban J connectivity index is 4.56. The van der Waals surface area contributed by atoms with E-state index in [0.29, 0.717) is 0 Å². The number of hydrogen-bond acceptors (Lipinski definition) is 5. The summed E-state index contributed by atoms with van der Waals surface area (Å²) in [4.78, 5) is 23.3. The highest BCUT2D eigenvalue weighted by Gasteiger charge is 2.41. The van der Waals surface area contributed by atoms with Crippen molar-refractivity contribution < 1.29 is 29.4 Å². The van der Waals surface area contributed by atoms with Gasteiger partial charge in [0.1, 0.15) is 6.54 Å². The first kappa shape index (κ1) is 24.5. The van der Waals surface area contributed by atoms with Crippen LogP contribution in [0, 0.1) is 0 Å². The molecule has 2 atom stereocenters. The molecule has 0 saturated carbocycles. The van der Waals surface area contributed by atoms with Crippen molar-refractivity contribution in [1.82, 2.24) is 0 Å². The van der Waals surface area contributed by atoms with E-state index in [2.05, 4.69) is 13.0 Å². The lowest BCUT2D eigenvalue weighted by molar-refractivity contribution is -0.875. The summed E-state index contributed by atoms with van der Waals surface area (Å²) in [5, 5.41) is 31.5. The Bertz CT molecular complexity index is 493. The van der Waals surface area contributed by atoms with Gasteiger partial charge in [-0.2, -0.15) is 0 Å². The fraction of sp³-hybridized carbons (Fsp3) is 0.700. The second kappa shape index (κ2) is 12.0. The number of likely N-dealkylation sites (N-methyl/N-ethyl adjacent to an activating group) is 1. The Kier molecular flexibility index (Phi) is 11.3. The van der Waals surface area contributed by atoms with Gasteiger partial charge in [-0.05, 0) is 19.3 Å². The summed E-state index contributed by atoms with van der Waals surface area (Å²) in [7, 11) is 5.25. The topological polar surface area (TPSA) is 97.7 Å². The second-order valence-electron chi connectivity index (χ2n) is 7.90. The van der Waals surface area contributed by atoms with E-state index in [1.807, 2.05) is 12.2 Å². The van der Waals surface area contributed by atoms with Gasteiger partial charge in [-0.15, -0.1) is 0 Å². The number of ketones is 1. The van der Waals surface area contributed by atoms with Crippen molar-refractivity contribution in [1.29, 1.82) is 0 Å². The van der Waals surface area contributed by atoms with E-state index in [1.54, 1.807) is 27.2 Å². The van der Waals surface area contributed by atoms with Crippen molar-refractivity contribution in [2.24, 2.45) is 0 Å². The Morgan fingerprint density at radius 1 is 1.15 bits per heavy atom. The maximum atomic E-state index is 12.4. The predicted molar refractivity (Wildman–Crippen MR) is 100 cm³/mol. The van der Waals surface area contributed by atoms with Crippen LogP contribution < -0.4 is 5.11 Å². The molecule has 0 radical (unpaired) electrons. The Labute approximate surface area is 157 Å². The molecule has 26 heavy (non-hydrogen) atoms. The van der Waals surface area contributed by atoms with E-state index in [-0.39, 0.29) is 23.9 Å². The van der Waals surface area contributed by atoms with Crippen LogP contribution in [0.25, 0.3) is 0 Å². The summed E-state index contributed by atoms with van der Waals surface area (Å²) in [5.74, 6) is -2.16. The molecule has 0 aliphatic carbocycles. The van der Waals surface area contributed by atoms with Gasteiger partial charge in [0.2, 0.25) is 0 Å². The molecule has 0 aromatic carbocycles. The molecule has 2 N–H and O–H groups in total. The van der Waals surface area contributed by atoms with Crippen LogP contribution in [0.4, 0.5) is 0 Å². The fourth-order valence-electron chi connectivity index (χ4n) is 2.75. The number of carboxylic acid groups (broad SMARTS) is 1. The highest BCUT2D eigenvalue weighted by molar-refractivity contribution is 5.91. The normalized spacial score (nSPS) is 16.1. The zero-order valence-electron chi connectivity index (χ0n) is 16.6. The molecule has 0 aromatic heterocycles. The molecule has 0 saturated heterocycles. The van der Waals surface area contributed by atoms with Gasteiger partial charge in [0.15, 0.2) is 11.4 Å². The van der Waals surface area contributed by atoms with Crippen LogP contribution >= 0.6 is 0 Å². The van der Waals surface area contributed by atoms with Crippen LogP contribution in [-0.4, -0.2) is 65.8 Å². The van der Waals surface area contributed by atoms with Crippen molar-refractivity contribution in [3.05, 3.63) is 24.3 Å². The number of hydrogen-bond donors (Lipinski definition) is 2. The standard InChI is InChI=1S/C20H35NO5/c1-5-6-7-8-9-10-11-12-13-17(22)14-18(23)20(26,15-19(24)25)16-21(2,3)4/h9-12,17,22,26H,5-8,13-16H2,1-4H3. The van der Waals surface area contributed by atoms with Gasteiger partial charge in [-0.25, -0.2) is 0 Å². The molecule has 0 rings (SSSR count). The fourth-order valence-corrected chi connectivity index (χ4v) is 2.75. The molecule has 0 fully saturated rings.